The number of ether oxygens (including phenoxy) is 3. The van der Waals surface area contributed by atoms with Crippen LogP contribution in [0.3, 0.4) is 0 Å². The van der Waals surface area contributed by atoms with E-state index in [0.717, 1.165) is 18.5 Å². The Hall–Kier alpha value is -2.38. The number of methoxy groups -OCH3 is 1. The maximum absolute atomic E-state index is 12.7. The summed E-state index contributed by atoms with van der Waals surface area (Å²) in [6.07, 6.45) is 0.195. The fraction of sp³-hybridized carbons (Fsp3) is 0.667. The number of carbonyl (C=O) groups excluding carboxylic acids is 2. The van der Waals surface area contributed by atoms with Gasteiger partial charge in [-0.3, -0.25) is 0 Å². The molecule has 1 fully saturated rings. The van der Waals surface area contributed by atoms with E-state index in [2.05, 4.69) is 9.97 Å². The number of carbonyl (C=O) groups is 2. The van der Waals surface area contributed by atoms with E-state index in [1.807, 2.05) is 0 Å². The second-order valence-corrected chi connectivity index (χ2v) is 8.21. The summed E-state index contributed by atoms with van der Waals surface area (Å²) in [6.45, 7) is 10.3. The number of nitrogens with zero attached hydrogens (tertiary/aromatic N) is 3. The van der Waals surface area contributed by atoms with Crippen LogP contribution >= 0.6 is 0 Å². The molecule has 2 amide bonds. The van der Waals surface area contributed by atoms with Crippen molar-refractivity contribution >= 4 is 18.1 Å². The molecule has 1 heterocycles. The second kappa shape index (κ2) is 7.09. The van der Waals surface area contributed by atoms with Gasteiger partial charge < -0.3 is 14.2 Å². The van der Waals surface area contributed by atoms with E-state index in [4.69, 9.17) is 14.2 Å². The van der Waals surface area contributed by atoms with Crippen LogP contribution in [-0.4, -0.2) is 40.5 Å². The summed E-state index contributed by atoms with van der Waals surface area (Å²) in [6, 6.07) is 1.71. The van der Waals surface area contributed by atoms with Crippen molar-refractivity contribution in [3.05, 3.63) is 11.8 Å². The highest BCUT2D eigenvalue weighted by Gasteiger charge is 2.36. The summed E-state index contributed by atoms with van der Waals surface area (Å²) >= 11 is 0. The molecule has 144 valence electrons. The quantitative estimate of drug-likeness (QED) is 0.798. The third kappa shape index (κ3) is 5.57. The van der Waals surface area contributed by atoms with E-state index in [1.54, 1.807) is 47.6 Å². The number of amides is 2. The first-order valence-corrected chi connectivity index (χ1v) is 8.58. The van der Waals surface area contributed by atoms with E-state index in [1.165, 1.54) is 7.11 Å². The molecule has 0 unspecified atom stereocenters. The van der Waals surface area contributed by atoms with Gasteiger partial charge in [-0.2, -0.15) is 4.98 Å². The number of aromatic nitrogens is 2. The predicted molar refractivity (Wildman–Crippen MR) is 95.5 cm³/mol. The van der Waals surface area contributed by atoms with E-state index in [9.17, 15) is 9.59 Å². The van der Waals surface area contributed by atoms with Crippen LogP contribution in [0.4, 0.5) is 15.5 Å². The summed E-state index contributed by atoms with van der Waals surface area (Å²) in [7, 11) is 1.47. The number of anilines is 1. The van der Waals surface area contributed by atoms with Gasteiger partial charge in [0.2, 0.25) is 11.8 Å². The Morgan fingerprint density at radius 1 is 1.00 bits per heavy atom. The second-order valence-electron chi connectivity index (χ2n) is 8.21. The molecule has 1 aromatic heterocycles. The fourth-order valence-corrected chi connectivity index (χ4v) is 2.08. The van der Waals surface area contributed by atoms with Gasteiger partial charge in [-0.1, -0.05) is 0 Å². The van der Waals surface area contributed by atoms with Crippen LogP contribution in [0.2, 0.25) is 0 Å². The average Bonchev–Trinajstić information content (AvgIpc) is 3.27. The molecule has 0 atom stereocenters. The van der Waals surface area contributed by atoms with Crippen molar-refractivity contribution in [1.82, 2.24) is 9.97 Å². The summed E-state index contributed by atoms with van der Waals surface area (Å²) in [5.41, 5.74) is -0.866. The van der Waals surface area contributed by atoms with Crippen LogP contribution in [0, 0.1) is 0 Å². The maximum atomic E-state index is 12.7. The smallest absolute Gasteiger partial charge is 0.427 e. The van der Waals surface area contributed by atoms with Gasteiger partial charge in [0.15, 0.2) is 0 Å². The molecule has 26 heavy (non-hydrogen) atoms. The van der Waals surface area contributed by atoms with Crippen molar-refractivity contribution in [2.75, 3.05) is 12.0 Å². The minimum atomic E-state index is -0.901. The first-order valence-electron chi connectivity index (χ1n) is 8.58. The maximum Gasteiger partial charge on any atom is 0.427 e. The monoisotopic (exact) mass is 365 g/mol. The number of hydrogen-bond donors (Lipinski definition) is 0. The first-order chi connectivity index (χ1) is 11.9. The lowest BCUT2D eigenvalue weighted by Crippen LogP contribution is -2.44. The molecule has 1 aromatic rings. The Labute approximate surface area is 153 Å². The standard InChI is InChI=1S/C18H27N3O5/c1-17(2,3)25-15(22)21(16(23)26-18(4,5)6)14-19-12(11-8-9-11)10-13(20-14)24-7/h10-11H,8-9H2,1-7H3. The Kier molecular flexibility index (Phi) is 5.44. The van der Waals surface area contributed by atoms with Crippen molar-refractivity contribution in [2.45, 2.75) is 71.5 Å². The van der Waals surface area contributed by atoms with E-state index >= 15 is 0 Å². The van der Waals surface area contributed by atoms with Crippen LogP contribution in [0.25, 0.3) is 0 Å². The Morgan fingerprint density at radius 2 is 1.50 bits per heavy atom. The van der Waals surface area contributed by atoms with Crippen molar-refractivity contribution in [3.63, 3.8) is 0 Å². The molecule has 0 aliphatic heterocycles. The lowest BCUT2D eigenvalue weighted by molar-refractivity contribution is 0.0427. The van der Waals surface area contributed by atoms with Crippen LogP contribution in [0.15, 0.2) is 6.07 Å². The molecular weight excluding hydrogens is 338 g/mol. The summed E-state index contributed by atoms with van der Waals surface area (Å²) in [5.74, 6) is 0.438. The Bertz CT molecular complexity index is 659. The molecule has 0 bridgehead atoms. The molecule has 0 saturated heterocycles. The molecule has 0 aromatic carbocycles. The van der Waals surface area contributed by atoms with Crippen molar-refractivity contribution in [2.24, 2.45) is 0 Å². The zero-order chi connectivity index (χ0) is 19.7. The zero-order valence-corrected chi connectivity index (χ0v) is 16.5. The number of imide groups is 1. The van der Waals surface area contributed by atoms with Crippen LogP contribution in [0.1, 0.15) is 66.0 Å². The first kappa shape index (κ1) is 19.9. The van der Waals surface area contributed by atoms with Gasteiger partial charge in [0.1, 0.15) is 11.2 Å². The number of hydrogen-bond acceptors (Lipinski definition) is 7. The van der Waals surface area contributed by atoms with Crippen LogP contribution in [0.5, 0.6) is 5.88 Å². The topological polar surface area (TPSA) is 90.8 Å². The fourth-order valence-electron chi connectivity index (χ4n) is 2.08. The molecule has 1 aliphatic carbocycles. The normalized spacial score (nSPS) is 14.6. The molecule has 8 nitrogen and oxygen atoms in total. The van der Waals surface area contributed by atoms with E-state index in [-0.39, 0.29) is 17.7 Å². The molecule has 0 spiro atoms. The van der Waals surface area contributed by atoms with Gasteiger partial charge in [0, 0.05) is 12.0 Å². The highest BCUT2D eigenvalue weighted by atomic mass is 16.6. The van der Waals surface area contributed by atoms with Gasteiger partial charge in [-0.25, -0.2) is 14.6 Å². The highest BCUT2D eigenvalue weighted by Crippen LogP contribution is 2.40. The van der Waals surface area contributed by atoms with Gasteiger partial charge in [-0.15, -0.1) is 4.90 Å². The van der Waals surface area contributed by atoms with Crippen molar-refractivity contribution < 1.29 is 23.8 Å². The molecule has 2 rings (SSSR count). The molecular formula is C18H27N3O5. The zero-order valence-electron chi connectivity index (χ0n) is 16.5. The Morgan fingerprint density at radius 3 is 1.88 bits per heavy atom. The Balaban J connectivity index is 2.43. The molecule has 1 aliphatic rings. The van der Waals surface area contributed by atoms with Crippen molar-refractivity contribution in [1.29, 1.82) is 0 Å². The SMILES string of the molecule is COc1cc(C2CC2)nc(N(C(=O)OC(C)(C)C)C(=O)OC(C)(C)C)n1. The van der Waals surface area contributed by atoms with Crippen molar-refractivity contribution in [3.8, 4) is 5.88 Å². The number of rotatable bonds is 3. The molecule has 1 saturated carbocycles. The van der Waals surface area contributed by atoms with E-state index in [0.29, 0.717) is 4.90 Å². The third-order valence-electron chi connectivity index (χ3n) is 3.27. The molecule has 0 radical (unpaired) electrons. The van der Waals surface area contributed by atoms with Crippen LogP contribution < -0.4 is 9.64 Å². The lowest BCUT2D eigenvalue weighted by atomic mass is 10.2. The van der Waals surface area contributed by atoms with Gasteiger partial charge in [-0.05, 0) is 54.4 Å². The lowest BCUT2D eigenvalue weighted by Gasteiger charge is -2.27. The minimum Gasteiger partial charge on any atom is -0.481 e. The third-order valence-corrected chi connectivity index (χ3v) is 3.27. The van der Waals surface area contributed by atoms with Gasteiger partial charge in [0.05, 0.1) is 12.8 Å². The van der Waals surface area contributed by atoms with Gasteiger partial charge in [0.25, 0.3) is 0 Å². The highest BCUT2D eigenvalue weighted by molar-refractivity contribution is 6.08. The summed E-state index contributed by atoms with van der Waals surface area (Å²) < 4.78 is 15.9. The van der Waals surface area contributed by atoms with Crippen LogP contribution in [-0.2, 0) is 9.47 Å². The average molecular weight is 365 g/mol. The molecule has 0 N–H and O–H groups in total. The van der Waals surface area contributed by atoms with E-state index < -0.39 is 23.4 Å². The molecule has 8 heteroatoms. The minimum absolute atomic E-state index is 0.116. The van der Waals surface area contributed by atoms with Gasteiger partial charge >= 0.3 is 12.2 Å². The summed E-state index contributed by atoms with van der Waals surface area (Å²) in [4.78, 5) is 34.6. The predicted octanol–water partition coefficient (Wildman–Crippen LogP) is 4.04. The summed E-state index contributed by atoms with van der Waals surface area (Å²) in [5, 5.41) is 0. The largest absolute Gasteiger partial charge is 0.481 e.